The summed E-state index contributed by atoms with van der Waals surface area (Å²) in [4.78, 5) is 9.14. The van der Waals surface area contributed by atoms with Crippen LogP contribution < -0.4 is 0 Å². The molecule has 0 saturated heterocycles. The standard InChI is InChI=1S/C13H19ClN2/c1-9-4-3-5-11(6-9)13-15-10(2)7-12(8-14)16-13/h7,9,11H,3-6,8H2,1-2H3. The van der Waals surface area contributed by atoms with Crippen LogP contribution in [0.4, 0.5) is 0 Å². The first-order valence-corrected chi connectivity index (χ1v) is 6.63. The third kappa shape index (κ3) is 2.73. The number of alkyl halides is 1. The van der Waals surface area contributed by atoms with Crippen molar-refractivity contribution in [3.05, 3.63) is 23.3 Å². The van der Waals surface area contributed by atoms with Crippen molar-refractivity contribution >= 4 is 11.6 Å². The maximum atomic E-state index is 5.85. The predicted molar refractivity (Wildman–Crippen MR) is 66.7 cm³/mol. The van der Waals surface area contributed by atoms with Gasteiger partial charge < -0.3 is 0 Å². The quantitative estimate of drug-likeness (QED) is 0.732. The summed E-state index contributed by atoms with van der Waals surface area (Å²) in [5.74, 6) is 2.86. The van der Waals surface area contributed by atoms with E-state index >= 15 is 0 Å². The Morgan fingerprint density at radius 2 is 2.19 bits per heavy atom. The second-order valence-corrected chi connectivity index (χ2v) is 5.23. The largest absolute Gasteiger partial charge is 0.238 e. The van der Waals surface area contributed by atoms with E-state index in [1.54, 1.807) is 0 Å². The van der Waals surface area contributed by atoms with Gasteiger partial charge in [0.05, 0.1) is 11.6 Å². The van der Waals surface area contributed by atoms with E-state index in [9.17, 15) is 0 Å². The summed E-state index contributed by atoms with van der Waals surface area (Å²) >= 11 is 5.85. The molecule has 3 heteroatoms. The Bertz CT molecular complexity index is 365. The van der Waals surface area contributed by atoms with E-state index in [0.717, 1.165) is 23.1 Å². The van der Waals surface area contributed by atoms with Gasteiger partial charge in [0.1, 0.15) is 5.82 Å². The molecule has 88 valence electrons. The van der Waals surface area contributed by atoms with Gasteiger partial charge in [-0.15, -0.1) is 11.6 Å². The molecule has 1 fully saturated rings. The Kier molecular flexibility index (Phi) is 3.80. The minimum atomic E-state index is 0.485. The lowest BCUT2D eigenvalue weighted by Crippen LogP contribution is -2.15. The maximum absolute atomic E-state index is 5.85. The van der Waals surface area contributed by atoms with Crippen molar-refractivity contribution in [1.29, 1.82) is 0 Å². The smallest absolute Gasteiger partial charge is 0.131 e. The molecule has 0 bridgehead atoms. The van der Waals surface area contributed by atoms with Gasteiger partial charge in [0.25, 0.3) is 0 Å². The number of hydrogen-bond acceptors (Lipinski definition) is 2. The van der Waals surface area contributed by atoms with Crippen LogP contribution in [-0.4, -0.2) is 9.97 Å². The van der Waals surface area contributed by atoms with E-state index in [2.05, 4.69) is 16.9 Å². The predicted octanol–water partition coefficient (Wildman–Crippen LogP) is 3.82. The molecule has 1 aromatic rings. The average molecular weight is 239 g/mol. The van der Waals surface area contributed by atoms with Crippen LogP contribution in [-0.2, 0) is 5.88 Å². The first kappa shape index (κ1) is 11.8. The van der Waals surface area contributed by atoms with Crippen molar-refractivity contribution in [2.24, 2.45) is 5.92 Å². The highest BCUT2D eigenvalue weighted by Crippen LogP contribution is 2.34. The molecule has 0 spiro atoms. The monoisotopic (exact) mass is 238 g/mol. The summed E-state index contributed by atoms with van der Waals surface area (Å²) < 4.78 is 0. The zero-order chi connectivity index (χ0) is 11.5. The number of halogens is 1. The van der Waals surface area contributed by atoms with Gasteiger partial charge in [0.15, 0.2) is 0 Å². The first-order valence-electron chi connectivity index (χ1n) is 6.09. The summed E-state index contributed by atoms with van der Waals surface area (Å²) in [7, 11) is 0. The Balaban J connectivity index is 2.21. The van der Waals surface area contributed by atoms with Crippen LogP contribution >= 0.6 is 11.6 Å². The van der Waals surface area contributed by atoms with Gasteiger partial charge in [-0.05, 0) is 31.7 Å². The molecule has 1 aliphatic rings. The van der Waals surface area contributed by atoms with Crippen LogP contribution in [0.15, 0.2) is 6.07 Å². The highest BCUT2D eigenvalue weighted by molar-refractivity contribution is 6.16. The Hall–Kier alpha value is -0.630. The SMILES string of the molecule is Cc1cc(CCl)nc(C2CCCC(C)C2)n1. The highest BCUT2D eigenvalue weighted by atomic mass is 35.5. The lowest BCUT2D eigenvalue weighted by molar-refractivity contribution is 0.334. The Morgan fingerprint density at radius 3 is 2.88 bits per heavy atom. The van der Waals surface area contributed by atoms with Crippen molar-refractivity contribution < 1.29 is 0 Å². The van der Waals surface area contributed by atoms with Gasteiger partial charge in [-0.1, -0.05) is 19.8 Å². The van der Waals surface area contributed by atoms with Crippen LogP contribution in [0.5, 0.6) is 0 Å². The van der Waals surface area contributed by atoms with Crippen LogP contribution in [0.3, 0.4) is 0 Å². The van der Waals surface area contributed by atoms with E-state index in [-0.39, 0.29) is 0 Å². The molecule has 2 rings (SSSR count). The number of aromatic nitrogens is 2. The molecule has 0 N–H and O–H groups in total. The molecule has 1 aliphatic carbocycles. The molecule has 0 radical (unpaired) electrons. The molecule has 2 nitrogen and oxygen atoms in total. The third-order valence-electron chi connectivity index (χ3n) is 3.36. The van der Waals surface area contributed by atoms with E-state index in [1.807, 2.05) is 13.0 Å². The zero-order valence-electron chi connectivity index (χ0n) is 10.0. The van der Waals surface area contributed by atoms with Gasteiger partial charge in [-0.3, -0.25) is 0 Å². The molecule has 2 atom stereocenters. The number of rotatable bonds is 2. The lowest BCUT2D eigenvalue weighted by Gasteiger charge is -2.25. The van der Waals surface area contributed by atoms with Crippen molar-refractivity contribution in [3.63, 3.8) is 0 Å². The van der Waals surface area contributed by atoms with Crippen molar-refractivity contribution in [3.8, 4) is 0 Å². The molecule has 1 heterocycles. The normalized spacial score (nSPS) is 25.7. The molecule has 16 heavy (non-hydrogen) atoms. The lowest BCUT2D eigenvalue weighted by atomic mass is 9.82. The summed E-state index contributed by atoms with van der Waals surface area (Å²) in [6.07, 6.45) is 5.12. The number of nitrogens with zero attached hydrogens (tertiary/aromatic N) is 2. The van der Waals surface area contributed by atoms with Crippen LogP contribution in [0, 0.1) is 12.8 Å². The fourth-order valence-corrected chi connectivity index (χ4v) is 2.72. The zero-order valence-corrected chi connectivity index (χ0v) is 10.8. The highest BCUT2D eigenvalue weighted by Gasteiger charge is 2.22. The van der Waals surface area contributed by atoms with Crippen LogP contribution in [0.25, 0.3) is 0 Å². The second kappa shape index (κ2) is 5.13. The molecule has 0 aromatic carbocycles. The van der Waals surface area contributed by atoms with Gasteiger partial charge in [-0.25, -0.2) is 9.97 Å². The molecule has 2 unspecified atom stereocenters. The van der Waals surface area contributed by atoms with E-state index in [1.165, 1.54) is 25.7 Å². The molecular formula is C13H19ClN2. The maximum Gasteiger partial charge on any atom is 0.131 e. The van der Waals surface area contributed by atoms with Crippen molar-refractivity contribution in [2.75, 3.05) is 0 Å². The van der Waals surface area contributed by atoms with E-state index in [4.69, 9.17) is 11.6 Å². The molecule has 0 amide bonds. The van der Waals surface area contributed by atoms with Crippen molar-refractivity contribution in [1.82, 2.24) is 9.97 Å². The summed E-state index contributed by atoms with van der Waals surface area (Å²) in [6, 6.07) is 1.97. The van der Waals surface area contributed by atoms with E-state index in [0.29, 0.717) is 11.8 Å². The van der Waals surface area contributed by atoms with Crippen molar-refractivity contribution in [2.45, 2.75) is 51.3 Å². The molecule has 1 aromatic heterocycles. The Labute approximate surface area is 102 Å². The van der Waals surface area contributed by atoms with Crippen LogP contribution in [0.2, 0.25) is 0 Å². The fraction of sp³-hybridized carbons (Fsp3) is 0.692. The Morgan fingerprint density at radius 1 is 1.38 bits per heavy atom. The fourth-order valence-electron chi connectivity index (χ4n) is 2.58. The summed E-state index contributed by atoms with van der Waals surface area (Å²) in [5, 5.41) is 0. The second-order valence-electron chi connectivity index (χ2n) is 4.96. The number of aryl methyl sites for hydroxylation is 1. The minimum Gasteiger partial charge on any atom is -0.238 e. The molecule has 0 aliphatic heterocycles. The summed E-state index contributed by atoms with van der Waals surface area (Å²) in [6.45, 7) is 4.35. The topological polar surface area (TPSA) is 25.8 Å². The van der Waals surface area contributed by atoms with Gasteiger partial charge in [0, 0.05) is 11.6 Å². The van der Waals surface area contributed by atoms with Gasteiger partial charge >= 0.3 is 0 Å². The minimum absolute atomic E-state index is 0.485. The third-order valence-corrected chi connectivity index (χ3v) is 3.64. The van der Waals surface area contributed by atoms with E-state index < -0.39 is 0 Å². The first-order chi connectivity index (χ1) is 7.69. The summed E-state index contributed by atoms with van der Waals surface area (Å²) in [5.41, 5.74) is 2.00. The number of hydrogen-bond donors (Lipinski definition) is 0. The molecular weight excluding hydrogens is 220 g/mol. The average Bonchev–Trinajstić information content (AvgIpc) is 2.28. The van der Waals surface area contributed by atoms with Gasteiger partial charge in [-0.2, -0.15) is 0 Å². The van der Waals surface area contributed by atoms with Gasteiger partial charge in [0.2, 0.25) is 0 Å². The molecule has 1 saturated carbocycles. The van der Waals surface area contributed by atoms with Crippen LogP contribution in [0.1, 0.15) is 55.7 Å².